The van der Waals surface area contributed by atoms with Gasteiger partial charge in [-0.05, 0) is 13.8 Å². The molecule has 0 aliphatic heterocycles. The van der Waals surface area contributed by atoms with E-state index in [0.717, 1.165) is 16.3 Å². The van der Waals surface area contributed by atoms with Gasteiger partial charge in [-0.25, -0.2) is 9.48 Å². The van der Waals surface area contributed by atoms with Crippen molar-refractivity contribution in [3.8, 4) is 11.3 Å². The normalized spacial score (nSPS) is 10.9. The summed E-state index contributed by atoms with van der Waals surface area (Å²) in [6.07, 6.45) is 3.29. The Morgan fingerprint density at radius 1 is 1.10 bits per heavy atom. The first-order valence-electron chi connectivity index (χ1n) is 9.54. The fourth-order valence-electron chi connectivity index (χ4n) is 3.37. The minimum atomic E-state index is -1.23. The standard InChI is InChI=1S/C23H20N4O3/c1-3-27-22(28)21(25-18-13-24-12-16-6-4-5-7-17(16)18)19(23(29)30)20(26-27)15-10-8-14(2)9-11-15/h4-13,25H,3H2,1-2H3,(H,29,30). The maximum Gasteiger partial charge on any atom is 0.340 e. The molecular weight excluding hydrogens is 380 g/mol. The fraction of sp³-hybridized carbons (Fsp3) is 0.130. The van der Waals surface area contributed by atoms with E-state index >= 15 is 0 Å². The van der Waals surface area contributed by atoms with Gasteiger partial charge in [-0.15, -0.1) is 0 Å². The number of fused-ring (bicyclic) bond motifs is 1. The number of pyridine rings is 1. The second-order valence-electron chi connectivity index (χ2n) is 6.92. The van der Waals surface area contributed by atoms with Crippen molar-refractivity contribution in [3.63, 3.8) is 0 Å². The lowest BCUT2D eigenvalue weighted by molar-refractivity contribution is 0.0698. The number of aromatic carboxylic acids is 1. The molecule has 0 spiro atoms. The molecule has 0 aliphatic rings. The number of anilines is 2. The Hall–Kier alpha value is -4.00. The fourth-order valence-corrected chi connectivity index (χ4v) is 3.37. The van der Waals surface area contributed by atoms with Crippen LogP contribution in [0.5, 0.6) is 0 Å². The third-order valence-electron chi connectivity index (χ3n) is 4.92. The smallest absolute Gasteiger partial charge is 0.340 e. The lowest BCUT2D eigenvalue weighted by Gasteiger charge is -2.16. The Morgan fingerprint density at radius 2 is 1.83 bits per heavy atom. The van der Waals surface area contributed by atoms with Crippen molar-refractivity contribution in [2.75, 3.05) is 5.32 Å². The molecule has 0 fully saturated rings. The predicted molar refractivity (Wildman–Crippen MR) is 116 cm³/mol. The molecule has 30 heavy (non-hydrogen) atoms. The Bertz CT molecular complexity index is 1310. The van der Waals surface area contributed by atoms with Crippen molar-refractivity contribution in [2.24, 2.45) is 0 Å². The van der Waals surface area contributed by atoms with Crippen molar-refractivity contribution in [1.82, 2.24) is 14.8 Å². The summed E-state index contributed by atoms with van der Waals surface area (Å²) in [6, 6.07) is 14.9. The highest BCUT2D eigenvalue weighted by Gasteiger charge is 2.24. The number of aromatic nitrogens is 3. The van der Waals surface area contributed by atoms with E-state index in [9.17, 15) is 14.7 Å². The molecule has 2 heterocycles. The maximum atomic E-state index is 13.1. The van der Waals surface area contributed by atoms with Crippen LogP contribution >= 0.6 is 0 Å². The van der Waals surface area contributed by atoms with Gasteiger partial charge >= 0.3 is 5.97 Å². The van der Waals surface area contributed by atoms with Crippen LogP contribution in [0.3, 0.4) is 0 Å². The van der Waals surface area contributed by atoms with Crippen molar-refractivity contribution in [3.05, 3.63) is 82.4 Å². The van der Waals surface area contributed by atoms with Gasteiger partial charge in [0.05, 0.1) is 11.9 Å². The monoisotopic (exact) mass is 400 g/mol. The summed E-state index contributed by atoms with van der Waals surface area (Å²) in [5.74, 6) is -1.23. The van der Waals surface area contributed by atoms with Gasteiger partial charge in [0, 0.05) is 29.1 Å². The quantitative estimate of drug-likeness (QED) is 0.520. The van der Waals surface area contributed by atoms with Crippen LogP contribution in [0.25, 0.3) is 22.0 Å². The number of benzene rings is 2. The van der Waals surface area contributed by atoms with Gasteiger partial charge in [0.15, 0.2) is 0 Å². The van der Waals surface area contributed by atoms with E-state index in [4.69, 9.17) is 0 Å². The van der Waals surface area contributed by atoms with Crippen LogP contribution in [0.2, 0.25) is 0 Å². The zero-order chi connectivity index (χ0) is 21.3. The van der Waals surface area contributed by atoms with E-state index in [2.05, 4.69) is 15.4 Å². The molecule has 0 atom stereocenters. The van der Waals surface area contributed by atoms with Crippen molar-refractivity contribution in [1.29, 1.82) is 0 Å². The van der Waals surface area contributed by atoms with E-state index in [1.54, 1.807) is 31.5 Å². The lowest BCUT2D eigenvalue weighted by Crippen LogP contribution is -2.28. The summed E-state index contributed by atoms with van der Waals surface area (Å²) >= 11 is 0. The summed E-state index contributed by atoms with van der Waals surface area (Å²) in [5.41, 5.74) is 1.75. The first kappa shape index (κ1) is 19.3. The molecule has 0 saturated carbocycles. The topological polar surface area (TPSA) is 97.1 Å². The Labute approximate surface area is 172 Å². The molecule has 0 unspecified atom stereocenters. The Morgan fingerprint density at radius 3 is 2.53 bits per heavy atom. The first-order chi connectivity index (χ1) is 14.5. The van der Waals surface area contributed by atoms with Gasteiger partial charge in [0.1, 0.15) is 16.9 Å². The van der Waals surface area contributed by atoms with Gasteiger partial charge in [-0.1, -0.05) is 54.1 Å². The summed E-state index contributed by atoms with van der Waals surface area (Å²) in [7, 11) is 0. The number of rotatable bonds is 5. The average molecular weight is 400 g/mol. The van der Waals surface area contributed by atoms with Crippen LogP contribution in [0.1, 0.15) is 22.8 Å². The summed E-state index contributed by atoms with van der Waals surface area (Å²) < 4.78 is 1.27. The molecule has 2 aromatic carbocycles. The van der Waals surface area contributed by atoms with Crippen LogP contribution < -0.4 is 10.9 Å². The van der Waals surface area contributed by atoms with E-state index in [1.807, 2.05) is 43.3 Å². The summed E-state index contributed by atoms with van der Waals surface area (Å²) in [5, 5.41) is 19.1. The molecule has 7 heteroatoms. The predicted octanol–water partition coefficient (Wildman–Crippen LogP) is 4.23. The van der Waals surface area contributed by atoms with Crippen molar-refractivity contribution < 1.29 is 9.90 Å². The average Bonchev–Trinajstić information content (AvgIpc) is 2.75. The highest BCUT2D eigenvalue weighted by atomic mass is 16.4. The van der Waals surface area contributed by atoms with Crippen molar-refractivity contribution >= 4 is 28.1 Å². The number of nitrogens with zero attached hydrogens (tertiary/aromatic N) is 3. The van der Waals surface area contributed by atoms with Crippen LogP contribution in [0, 0.1) is 6.92 Å². The molecule has 0 aliphatic carbocycles. The van der Waals surface area contributed by atoms with Gasteiger partial charge in [-0.2, -0.15) is 5.10 Å². The number of carboxylic acids is 1. The molecule has 0 bridgehead atoms. The molecule has 2 N–H and O–H groups in total. The number of hydrogen-bond acceptors (Lipinski definition) is 5. The molecule has 0 radical (unpaired) electrons. The molecule has 0 saturated heterocycles. The third-order valence-corrected chi connectivity index (χ3v) is 4.92. The highest BCUT2D eigenvalue weighted by Crippen LogP contribution is 2.30. The summed E-state index contributed by atoms with van der Waals surface area (Å²) in [6.45, 7) is 4.04. The van der Waals surface area contributed by atoms with Crippen molar-refractivity contribution in [2.45, 2.75) is 20.4 Å². The molecule has 7 nitrogen and oxygen atoms in total. The summed E-state index contributed by atoms with van der Waals surface area (Å²) in [4.78, 5) is 29.5. The second kappa shape index (κ2) is 7.79. The number of carbonyl (C=O) groups is 1. The zero-order valence-corrected chi connectivity index (χ0v) is 16.6. The van der Waals surface area contributed by atoms with Gasteiger partial charge in [-0.3, -0.25) is 9.78 Å². The van der Waals surface area contributed by atoms with E-state index in [1.165, 1.54) is 4.68 Å². The molecule has 150 valence electrons. The van der Waals surface area contributed by atoms with Gasteiger partial charge in [0.2, 0.25) is 0 Å². The lowest BCUT2D eigenvalue weighted by atomic mass is 10.0. The number of hydrogen-bond donors (Lipinski definition) is 2. The minimum Gasteiger partial charge on any atom is -0.478 e. The van der Waals surface area contributed by atoms with Gasteiger partial charge in [0.25, 0.3) is 5.56 Å². The van der Waals surface area contributed by atoms with E-state index < -0.39 is 11.5 Å². The van der Waals surface area contributed by atoms with Crippen LogP contribution in [0.4, 0.5) is 11.4 Å². The Balaban J connectivity index is 1.98. The Kier molecular flexibility index (Phi) is 5.02. The zero-order valence-electron chi connectivity index (χ0n) is 16.6. The molecule has 4 rings (SSSR count). The van der Waals surface area contributed by atoms with Gasteiger partial charge < -0.3 is 10.4 Å². The number of aryl methyl sites for hydroxylation is 2. The van der Waals surface area contributed by atoms with E-state index in [-0.39, 0.29) is 16.9 Å². The molecule has 4 aromatic rings. The minimum absolute atomic E-state index is 0.0342. The maximum absolute atomic E-state index is 13.1. The first-order valence-corrected chi connectivity index (χ1v) is 9.54. The van der Waals surface area contributed by atoms with E-state index in [0.29, 0.717) is 17.8 Å². The second-order valence-corrected chi connectivity index (χ2v) is 6.92. The van der Waals surface area contributed by atoms with Crippen LogP contribution in [0.15, 0.2) is 65.7 Å². The molecule has 2 aromatic heterocycles. The number of nitrogens with one attached hydrogen (secondary N) is 1. The van der Waals surface area contributed by atoms with Crippen LogP contribution in [-0.4, -0.2) is 25.8 Å². The number of carboxylic acid groups (broad SMARTS) is 1. The molecule has 0 amide bonds. The largest absolute Gasteiger partial charge is 0.478 e. The van der Waals surface area contributed by atoms with Crippen LogP contribution in [-0.2, 0) is 6.54 Å². The highest BCUT2D eigenvalue weighted by molar-refractivity contribution is 6.03. The molecular formula is C23H20N4O3. The third kappa shape index (κ3) is 3.41. The SMILES string of the molecule is CCn1nc(-c2ccc(C)cc2)c(C(=O)O)c(Nc2cncc3ccccc23)c1=O.